The van der Waals surface area contributed by atoms with Crippen molar-refractivity contribution in [2.24, 2.45) is 5.41 Å². The number of aryl methyl sites for hydroxylation is 1. The molecule has 0 fully saturated rings. The Labute approximate surface area is 274 Å². The van der Waals surface area contributed by atoms with Gasteiger partial charge in [0.25, 0.3) is 0 Å². The van der Waals surface area contributed by atoms with Gasteiger partial charge in [-0.3, -0.25) is 10.1 Å². The van der Waals surface area contributed by atoms with Gasteiger partial charge in [0.2, 0.25) is 11.6 Å². The zero-order chi connectivity index (χ0) is 32.5. The smallest absolute Gasteiger partial charge is 0.231 e. The lowest BCUT2D eigenvalue weighted by molar-refractivity contribution is -0.438. The number of hydrogen-bond acceptors (Lipinski definition) is 2. The fourth-order valence-corrected chi connectivity index (χ4v) is 8.07. The van der Waals surface area contributed by atoms with Crippen molar-refractivity contribution in [3.63, 3.8) is 0 Å². The molecule has 4 heteroatoms. The molecular formula is C42H46N3O+. The molecule has 234 valence electrons. The van der Waals surface area contributed by atoms with Crippen molar-refractivity contribution in [1.29, 1.82) is 0 Å². The molecule has 6 rings (SSSR count). The average molecular weight is 609 g/mol. The highest BCUT2D eigenvalue weighted by molar-refractivity contribution is 6.07. The highest BCUT2D eigenvalue weighted by Crippen LogP contribution is 2.54. The van der Waals surface area contributed by atoms with Crippen molar-refractivity contribution < 1.29 is 9.37 Å². The lowest BCUT2D eigenvalue weighted by Gasteiger charge is -2.27. The first kappa shape index (κ1) is 31.4. The Hall–Kier alpha value is -4.62. The summed E-state index contributed by atoms with van der Waals surface area (Å²) in [6.07, 6.45) is 21.8. The Morgan fingerprint density at radius 3 is 2.54 bits per heavy atom. The second-order valence-electron chi connectivity index (χ2n) is 13.8. The monoisotopic (exact) mass is 608 g/mol. The second kappa shape index (κ2) is 12.6. The Morgan fingerprint density at radius 2 is 1.72 bits per heavy atom. The van der Waals surface area contributed by atoms with Crippen LogP contribution in [-0.4, -0.2) is 34.7 Å². The molecule has 3 aromatic carbocycles. The van der Waals surface area contributed by atoms with Crippen LogP contribution in [0.15, 0.2) is 102 Å². The number of hydrogen-bond donors (Lipinski definition) is 1. The first-order chi connectivity index (χ1) is 22.2. The number of carbonyl (C=O) groups is 1. The molecule has 1 N–H and O–H groups in total. The zero-order valence-electron chi connectivity index (χ0n) is 28.0. The van der Waals surface area contributed by atoms with Gasteiger partial charge in [0, 0.05) is 60.4 Å². The lowest BCUT2D eigenvalue weighted by Crippen LogP contribution is -2.28. The summed E-state index contributed by atoms with van der Waals surface area (Å²) in [5, 5.41) is 5.04. The molecule has 0 unspecified atom stereocenters. The number of carbonyl (C=O) groups excluding carboxylic acids is 1. The summed E-state index contributed by atoms with van der Waals surface area (Å²) >= 11 is 0. The predicted molar refractivity (Wildman–Crippen MR) is 192 cm³/mol. The third kappa shape index (κ3) is 5.53. The van der Waals surface area contributed by atoms with Crippen molar-refractivity contribution in [3.05, 3.63) is 119 Å². The molecule has 0 aromatic heterocycles. The molecule has 1 aliphatic carbocycles. The molecule has 0 atom stereocenters. The van der Waals surface area contributed by atoms with E-state index >= 15 is 0 Å². The molecular weight excluding hydrogens is 562 g/mol. The fourth-order valence-electron chi connectivity index (χ4n) is 8.07. The van der Waals surface area contributed by atoms with Gasteiger partial charge < -0.3 is 4.90 Å². The molecule has 0 saturated heterocycles. The van der Waals surface area contributed by atoms with Gasteiger partial charge in [-0.2, -0.15) is 4.58 Å². The Bertz CT molecular complexity index is 1890. The van der Waals surface area contributed by atoms with Crippen LogP contribution in [-0.2, 0) is 16.6 Å². The number of terminal acetylenes is 1. The second-order valence-corrected chi connectivity index (χ2v) is 13.8. The number of unbranched alkanes of at least 4 members (excludes halogenated alkanes) is 2. The van der Waals surface area contributed by atoms with Crippen molar-refractivity contribution in [1.82, 2.24) is 10.2 Å². The molecule has 3 aromatic rings. The fraction of sp³-hybridized carbons (Fsp3) is 0.333. The summed E-state index contributed by atoms with van der Waals surface area (Å²) in [7, 11) is 2.23. The zero-order valence-corrected chi connectivity index (χ0v) is 28.0. The van der Waals surface area contributed by atoms with E-state index in [1.54, 1.807) is 0 Å². The van der Waals surface area contributed by atoms with E-state index < -0.39 is 0 Å². The van der Waals surface area contributed by atoms with Gasteiger partial charge in [0.15, 0.2) is 5.71 Å². The van der Waals surface area contributed by atoms with Crippen LogP contribution < -0.4 is 5.32 Å². The summed E-state index contributed by atoms with van der Waals surface area (Å²) < 4.78 is 2.50. The van der Waals surface area contributed by atoms with Crippen molar-refractivity contribution in [3.8, 4) is 12.5 Å². The average Bonchev–Trinajstić information content (AvgIpc) is 3.38. The van der Waals surface area contributed by atoms with E-state index in [-0.39, 0.29) is 16.7 Å². The highest BCUT2D eigenvalue weighted by Gasteiger charge is 2.45. The molecule has 0 saturated carbocycles. The van der Waals surface area contributed by atoms with Crippen LogP contribution in [0.1, 0.15) is 76.5 Å². The molecule has 2 heterocycles. The summed E-state index contributed by atoms with van der Waals surface area (Å²) in [4.78, 5) is 14.2. The van der Waals surface area contributed by atoms with Crippen molar-refractivity contribution in [2.45, 2.75) is 71.6 Å². The lowest BCUT2D eigenvalue weighted by atomic mass is 9.75. The van der Waals surface area contributed by atoms with E-state index in [1.807, 2.05) is 0 Å². The predicted octanol–water partition coefficient (Wildman–Crippen LogP) is 8.81. The van der Waals surface area contributed by atoms with Crippen LogP contribution in [0.4, 0.5) is 5.69 Å². The quantitative estimate of drug-likeness (QED) is 0.0866. The number of nitrogens with zero attached hydrogens (tertiary/aromatic N) is 2. The SMILES string of the molecule is C#CNC(=O)CCCCC[N+]1=C(/C=C/C=C/C=C2/N(C)C3=C(c4ccccc4CC3)C2(C)C)C(C)(C)c2c1ccc1ccccc21. The van der Waals surface area contributed by atoms with Gasteiger partial charge in [-0.1, -0.05) is 87.0 Å². The van der Waals surface area contributed by atoms with Crippen LogP contribution in [0.2, 0.25) is 0 Å². The van der Waals surface area contributed by atoms with E-state index in [0.29, 0.717) is 6.42 Å². The summed E-state index contributed by atoms with van der Waals surface area (Å²) in [6.45, 7) is 10.3. The van der Waals surface area contributed by atoms with E-state index in [1.165, 1.54) is 55.8 Å². The number of nitrogens with one attached hydrogen (secondary N) is 1. The third-order valence-corrected chi connectivity index (χ3v) is 10.2. The Balaban J connectivity index is 1.25. The summed E-state index contributed by atoms with van der Waals surface area (Å²) in [5.41, 5.74) is 10.9. The first-order valence-corrected chi connectivity index (χ1v) is 16.7. The number of allylic oxidation sites excluding steroid dienone is 7. The number of rotatable bonds is 9. The normalized spacial score (nSPS) is 18.9. The Kier molecular flexibility index (Phi) is 8.62. The molecule has 0 radical (unpaired) electrons. The maximum Gasteiger partial charge on any atom is 0.231 e. The van der Waals surface area contributed by atoms with E-state index in [4.69, 9.17) is 6.42 Å². The topological polar surface area (TPSA) is 35.4 Å². The Morgan fingerprint density at radius 1 is 0.935 bits per heavy atom. The molecule has 3 aliphatic rings. The molecule has 0 bridgehead atoms. The number of fused-ring (bicyclic) bond motifs is 5. The van der Waals surface area contributed by atoms with Crippen LogP contribution in [0.5, 0.6) is 0 Å². The van der Waals surface area contributed by atoms with E-state index in [0.717, 1.165) is 38.6 Å². The van der Waals surface area contributed by atoms with E-state index in [9.17, 15) is 4.79 Å². The van der Waals surface area contributed by atoms with Gasteiger partial charge in [-0.25, -0.2) is 0 Å². The van der Waals surface area contributed by atoms with Crippen LogP contribution >= 0.6 is 0 Å². The van der Waals surface area contributed by atoms with Gasteiger partial charge in [-0.05, 0) is 79.1 Å². The first-order valence-electron chi connectivity index (χ1n) is 16.7. The minimum Gasteiger partial charge on any atom is -0.350 e. The van der Waals surface area contributed by atoms with Gasteiger partial charge >= 0.3 is 0 Å². The molecule has 1 amide bonds. The minimum atomic E-state index is -0.157. The largest absolute Gasteiger partial charge is 0.350 e. The van der Waals surface area contributed by atoms with Gasteiger partial charge in [0.05, 0.1) is 5.41 Å². The third-order valence-electron chi connectivity index (χ3n) is 10.2. The van der Waals surface area contributed by atoms with Gasteiger partial charge in [0.1, 0.15) is 6.54 Å². The molecule has 0 spiro atoms. The van der Waals surface area contributed by atoms with Crippen molar-refractivity contribution >= 4 is 33.7 Å². The van der Waals surface area contributed by atoms with Crippen LogP contribution in [0, 0.1) is 17.9 Å². The van der Waals surface area contributed by atoms with E-state index in [2.05, 4.69) is 147 Å². The summed E-state index contributed by atoms with van der Waals surface area (Å²) in [6, 6.07) is 24.4. The van der Waals surface area contributed by atoms with Crippen molar-refractivity contribution in [2.75, 3.05) is 13.6 Å². The van der Waals surface area contributed by atoms with Crippen LogP contribution in [0.25, 0.3) is 16.3 Å². The molecule has 2 aliphatic heterocycles. The van der Waals surface area contributed by atoms with Crippen LogP contribution in [0.3, 0.4) is 0 Å². The maximum atomic E-state index is 11.8. The highest BCUT2D eigenvalue weighted by atomic mass is 16.1. The van der Waals surface area contributed by atoms with Gasteiger partial charge in [-0.15, -0.1) is 0 Å². The standard InChI is InChI=1S/C42H45N3O/c1-7-43-38(46)24-12-9-17-29-45-35-28-26-31-19-14-16-21-33(31)40(35)42(4,5)37(45)23-11-8-10-22-36-41(2,3)39-32-20-15-13-18-30(32)25-27-34(39)44(36)6/h1,8,10-11,13-16,18-23,26,28H,9,12,17,24-25,27,29H2,2-6H3/p+1. The number of benzene rings is 3. The minimum absolute atomic E-state index is 0.0577. The molecule has 4 nitrogen and oxygen atoms in total. The summed E-state index contributed by atoms with van der Waals surface area (Å²) in [5.74, 6) is -0.0773. The maximum absolute atomic E-state index is 11.8. The molecule has 46 heavy (non-hydrogen) atoms. The number of amides is 1.